The maximum atomic E-state index is 10.6. The Hall–Kier alpha value is -2.65. The molecule has 3 nitrogen and oxygen atoms in total. The predicted molar refractivity (Wildman–Crippen MR) is 117 cm³/mol. The van der Waals surface area contributed by atoms with Gasteiger partial charge in [0, 0.05) is 12.3 Å². The molecule has 1 N–H and O–H groups in total. The molecule has 0 fully saturated rings. The highest BCUT2D eigenvalue weighted by Crippen LogP contribution is 2.41. The smallest absolute Gasteiger partial charge is 0.303 e. The monoisotopic (exact) mass is 390 g/mol. The Morgan fingerprint density at radius 3 is 2.48 bits per heavy atom. The molecule has 2 aromatic rings. The van der Waals surface area contributed by atoms with Crippen molar-refractivity contribution in [2.45, 2.75) is 44.6 Å². The van der Waals surface area contributed by atoms with Crippen molar-refractivity contribution in [3.8, 4) is 0 Å². The Balaban J connectivity index is 1.58. The number of carbonyl (C=O) groups is 1. The van der Waals surface area contributed by atoms with Crippen molar-refractivity contribution in [3.63, 3.8) is 0 Å². The Kier molecular flexibility index (Phi) is 8.26. The molecule has 0 bridgehead atoms. The summed E-state index contributed by atoms with van der Waals surface area (Å²) in [6.45, 7) is 1.35. The van der Waals surface area contributed by atoms with E-state index in [1.807, 2.05) is 18.2 Å². The van der Waals surface area contributed by atoms with Gasteiger partial charge in [0.25, 0.3) is 0 Å². The molecule has 2 atom stereocenters. The van der Waals surface area contributed by atoms with Gasteiger partial charge in [-0.15, -0.1) is 0 Å². The van der Waals surface area contributed by atoms with Crippen LogP contribution in [0.15, 0.2) is 84.5 Å². The second-order valence-corrected chi connectivity index (χ2v) is 7.60. The van der Waals surface area contributed by atoms with Crippen LogP contribution >= 0.6 is 0 Å². The maximum absolute atomic E-state index is 10.6. The Morgan fingerprint density at radius 1 is 1.03 bits per heavy atom. The van der Waals surface area contributed by atoms with Gasteiger partial charge < -0.3 is 9.84 Å². The van der Waals surface area contributed by atoms with E-state index >= 15 is 0 Å². The predicted octanol–water partition coefficient (Wildman–Crippen LogP) is 6.13. The van der Waals surface area contributed by atoms with Crippen LogP contribution in [-0.4, -0.2) is 17.7 Å². The summed E-state index contributed by atoms with van der Waals surface area (Å²) < 4.78 is 6.13. The fourth-order valence-corrected chi connectivity index (χ4v) is 3.97. The van der Waals surface area contributed by atoms with Crippen LogP contribution < -0.4 is 0 Å². The lowest BCUT2D eigenvalue weighted by atomic mass is 9.85. The first kappa shape index (κ1) is 21.1. The molecule has 0 saturated heterocycles. The molecule has 0 aromatic heterocycles. The molecular formula is C26H30O3. The Morgan fingerprint density at radius 2 is 1.76 bits per heavy atom. The highest BCUT2D eigenvalue weighted by atomic mass is 16.5. The molecule has 0 saturated carbocycles. The first-order valence-corrected chi connectivity index (χ1v) is 10.5. The van der Waals surface area contributed by atoms with Crippen molar-refractivity contribution in [2.24, 2.45) is 5.92 Å². The highest BCUT2D eigenvalue weighted by Gasteiger charge is 2.30. The SMILES string of the molecule is O=C(O)CCC/C=C\CC1=CCC(c2ccccc2)[C@H]1COCc1ccccc1. The number of allylic oxidation sites excluding steroid dienone is 3. The van der Waals surface area contributed by atoms with Gasteiger partial charge >= 0.3 is 5.97 Å². The molecule has 1 unspecified atom stereocenters. The molecule has 152 valence electrons. The molecular weight excluding hydrogens is 360 g/mol. The van der Waals surface area contributed by atoms with E-state index in [4.69, 9.17) is 9.84 Å². The van der Waals surface area contributed by atoms with Gasteiger partial charge in [-0.25, -0.2) is 0 Å². The lowest BCUT2D eigenvalue weighted by Gasteiger charge is -2.23. The normalized spacial score (nSPS) is 18.8. The van der Waals surface area contributed by atoms with E-state index in [2.05, 4.69) is 60.7 Å². The quantitative estimate of drug-likeness (QED) is 0.370. The molecule has 0 amide bonds. The maximum Gasteiger partial charge on any atom is 0.303 e. The number of ether oxygens (including phenoxy) is 1. The van der Waals surface area contributed by atoms with E-state index in [-0.39, 0.29) is 6.42 Å². The van der Waals surface area contributed by atoms with Gasteiger partial charge in [0.2, 0.25) is 0 Å². The van der Waals surface area contributed by atoms with Gasteiger partial charge in [-0.05, 0) is 42.7 Å². The molecule has 0 aliphatic heterocycles. The van der Waals surface area contributed by atoms with E-state index in [0.29, 0.717) is 31.5 Å². The van der Waals surface area contributed by atoms with Crippen LogP contribution in [0.1, 0.15) is 49.1 Å². The molecule has 2 aromatic carbocycles. The minimum absolute atomic E-state index is 0.235. The standard InChI is InChI=1S/C26H30O3/c27-26(28)16-10-2-1-7-15-23-17-18-24(22-13-8-4-9-14-22)25(23)20-29-19-21-11-5-3-6-12-21/h1,3-9,11-14,17,24-25H,2,10,15-16,18-20H2,(H,27,28)/b7-1-/t24?,25-/m0/s1. The van der Waals surface area contributed by atoms with Crippen molar-refractivity contribution in [1.29, 1.82) is 0 Å². The third-order valence-electron chi connectivity index (χ3n) is 5.51. The number of rotatable bonds is 11. The minimum atomic E-state index is -0.724. The van der Waals surface area contributed by atoms with E-state index in [9.17, 15) is 4.79 Å². The van der Waals surface area contributed by atoms with Gasteiger partial charge in [-0.2, -0.15) is 0 Å². The largest absolute Gasteiger partial charge is 0.481 e. The fourth-order valence-electron chi connectivity index (χ4n) is 3.97. The van der Waals surface area contributed by atoms with Crippen LogP contribution in [0.25, 0.3) is 0 Å². The summed E-state index contributed by atoms with van der Waals surface area (Å²) in [5, 5.41) is 8.73. The second kappa shape index (κ2) is 11.4. The van der Waals surface area contributed by atoms with Gasteiger partial charge in [-0.1, -0.05) is 84.5 Å². The molecule has 3 rings (SSSR count). The molecule has 29 heavy (non-hydrogen) atoms. The summed E-state index contributed by atoms with van der Waals surface area (Å²) in [7, 11) is 0. The number of hydrogen-bond acceptors (Lipinski definition) is 2. The van der Waals surface area contributed by atoms with Crippen molar-refractivity contribution in [2.75, 3.05) is 6.61 Å². The van der Waals surface area contributed by atoms with Crippen molar-refractivity contribution in [3.05, 3.63) is 95.6 Å². The van der Waals surface area contributed by atoms with Gasteiger partial charge in [0.05, 0.1) is 13.2 Å². The van der Waals surface area contributed by atoms with E-state index in [1.54, 1.807) is 0 Å². The molecule has 0 heterocycles. The van der Waals surface area contributed by atoms with Crippen LogP contribution in [0.2, 0.25) is 0 Å². The van der Waals surface area contributed by atoms with E-state index < -0.39 is 5.97 Å². The van der Waals surface area contributed by atoms with Crippen molar-refractivity contribution >= 4 is 5.97 Å². The van der Waals surface area contributed by atoms with Gasteiger partial charge in [0.15, 0.2) is 0 Å². The van der Waals surface area contributed by atoms with Crippen LogP contribution in [0.5, 0.6) is 0 Å². The number of aliphatic carboxylic acids is 1. The Bertz CT molecular complexity index is 808. The van der Waals surface area contributed by atoms with Crippen molar-refractivity contribution < 1.29 is 14.6 Å². The molecule has 3 heteroatoms. The van der Waals surface area contributed by atoms with Crippen molar-refractivity contribution in [1.82, 2.24) is 0 Å². The average molecular weight is 391 g/mol. The number of benzene rings is 2. The van der Waals surface area contributed by atoms with Crippen LogP contribution in [0.3, 0.4) is 0 Å². The number of unbranched alkanes of at least 4 members (excludes halogenated alkanes) is 1. The molecule has 1 aliphatic carbocycles. The average Bonchev–Trinajstić information content (AvgIpc) is 3.14. The van der Waals surface area contributed by atoms with Crippen LogP contribution in [0, 0.1) is 5.92 Å². The van der Waals surface area contributed by atoms with E-state index in [1.165, 1.54) is 16.7 Å². The minimum Gasteiger partial charge on any atom is -0.481 e. The summed E-state index contributed by atoms with van der Waals surface area (Å²) in [4.78, 5) is 10.6. The fraction of sp³-hybridized carbons (Fsp3) is 0.346. The lowest BCUT2D eigenvalue weighted by Crippen LogP contribution is -2.17. The summed E-state index contributed by atoms with van der Waals surface area (Å²) in [5.41, 5.74) is 4.00. The summed E-state index contributed by atoms with van der Waals surface area (Å²) in [5.74, 6) is 0.116. The van der Waals surface area contributed by atoms with Gasteiger partial charge in [-0.3, -0.25) is 4.79 Å². The number of carboxylic acids is 1. The second-order valence-electron chi connectivity index (χ2n) is 7.60. The van der Waals surface area contributed by atoms with Crippen LogP contribution in [-0.2, 0) is 16.1 Å². The summed E-state index contributed by atoms with van der Waals surface area (Å²) >= 11 is 0. The van der Waals surface area contributed by atoms with Gasteiger partial charge in [0.1, 0.15) is 0 Å². The zero-order valence-electron chi connectivity index (χ0n) is 16.9. The molecule has 0 spiro atoms. The topological polar surface area (TPSA) is 46.5 Å². The summed E-state index contributed by atoms with van der Waals surface area (Å²) in [6.07, 6.45) is 10.4. The highest BCUT2D eigenvalue weighted by molar-refractivity contribution is 5.66. The zero-order valence-corrected chi connectivity index (χ0v) is 16.9. The number of carboxylic acid groups (broad SMARTS) is 1. The molecule has 0 radical (unpaired) electrons. The third kappa shape index (κ3) is 6.72. The first-order chi connectivity index (χ1) is 14.2. The first-order valence-electron chi connectivity index (χ1n) is 10.5. The molecule has 1 aliphatic rings. The summed E-state index contributed by atoms with van der Waals surface area (Å²) in [6, 6.07) is 21.0. The zero-order chi connectivity index (χ0) is 20.3. The van der Waals surface area contributed by atoms with E-state index in [0.717, 1.165) is 19.3 Å². The van der Waals surface area contributed by atoms with Crippen LogP contribution in [0.4, 0.5) is 0 Å². The Labute approximate surface area is 173 Å². The lowest BCUT2D eigenvalue weighted by molar-refractivity contribution is -0.137. The third-order valence-corrected chi connectivity index (χ3v) is 5.51. The number of hydrogen-bond donors (Lipinski definition) is 1.